The molecule has 0 saturated heterocycles. The number of hydrogen-bond acceptors (Lipinski definition) is 4. The molecule has 0 spiro atoms. The van der Waals surface area contributed by atoms with Gasteiger partial charge in [-0.05, 0) is 12.1 Å². The lowest BCUT2D eigenvalue weighted by molar-refractivity contribution is 0.284. The topological polar surface area (TPSA) is 56.8 Å². The quantitative estimate of drug-likeness (QED) is 0.516. The SMILES string of the molecule is COc1cc(C=NN)c(Cl)cc1OCc1ccccc1Cl. The van der Waals surface area contributed by atoms with Crippen molar-refractivity contribution in [2.75, 3.05) is 7.11 Å². The molecule has 0 heterocycles. The average Bonchev–Trinajstić information content (AvgIpc) is 2.49. The van der Waals surface area contributed by atoms with Crippen molar-refractivity contribution in [2.24, 2.45) is 10.9 Å². The van der Waals surface area contributed by atoms with Crippen LogP contribution in [-0.4, -0.2) is 13.3 Å². The van der Waals surface area contributed by atoms with Gasteiger partial charge >= 0.3 is 0 Å². The van der Waals surface area contributed by atoms with Crippen LogP contribution in [0.1, 0.15) is 11.1 Å². The summed E-state index contributed by atoms with van der Waals surface area (Å²) in [6.07, 6.45) is 1.45. The predicted octanol–water partition coefficient (Wildman–Crippen LogP) is 3.87. The van der Waals surface area contributed by atoms with Crippen LogP contribution in [0, 0.1) is 0 Å². The summed E-state index contributed by atoms with van der Waals surface area (Å²) in [6, 6.07) is 10.8. The highest BCUT2D eigenvalue weighted by atomic mass is 35.5. The average molecular weight is 325 g/mol. The fraction of sp³-hybridized carbons (Fsp3) is 0.133. The van der Waals surface area contributed by atoms with Gasteiger partial charge in [-0.2, -0.15) is 5.10 Å². The van der Waals surface area contributed by atoms with Gasteiger partial charge in [0, 0.05) is 22.2 Å². The first-order chi connectivity index (χ1) is 10.2. The van der Waals surface area contributed by atoms with Crippen LogP contribution in [0.4, 0.5) is 0 Å². The maximum absolute atomic E-state index is 6.14. The molecule has 110 valence electrons. The minimum absolute atomic E-state index is 0.316. The summed E-state index contributed by atoms with van der Waals surface area (Å²) in [5, 5.41) is 4.57. The molecule has 0 atom stereocenters. The Morgan fingerprint density at radius 1 is 1.14 bits per heavy atom. The van der Waals surface area contributed by atoms with Gasteiger partial charge in [0.1, 0.15) is 6.61 Å². The van der Waals surface area contributed by atoms with E-state index in [0.717, 1.165) is 5.56 Å². The van der Waals surface area contributed by atoms with E-state index in [0.29, 0.717) is 33.7 Å². The Morgan fingerprint density at radius 3 is 2.57 bits per heavy atom. The normalized spacial score (nSPS) is 10.8. The molecule has 6 heteroatoms. The summed E-state index contributed by atoms with van der Waals surface area (Å²) in [5.41, 5.74) is 1.53. The Bertz CT molecular complexity index is 660. The van der Waals surface area contributed by atoms with Gasteiger partial charge < -0.3 is 15.3 Å². The van der Waals surface area contributed by atoms with Crippen molar-refractivity contribution >= 4 is 29.4 Å². The van der Waals surface area contributed by atoms with Gasteiger partial charge in [0.15, 0.2) is 11.5 Å². The van der Waals surface area contributed by atoms with Crippen LogP contribution in [0.15, 0.2) is 41.5 Å². The minimum atomic E-state index is 0.316. The summed E-state index contributed by atoms with van der Waals surface area (Å²) in [4.78, 5) is 0. The number of halogens is 2. The van der Waals surface area contributed by atoms with Crippen LogP contribution in [0.25, 0.3) is 0 Å². The summed E-state index contributed by atoms with van der Waals surface area (Å²) in [5.74, 6) is 6.20. The minimum Gasteiger partial charge on any atom is -0.493 e. The molecule has 2 rings (SSSR count). The van der Waals surface area contributed by atoms with E-state index in [-0.39, 0.29) is 0 Å². The number of ether oxygens (including phenoxy) is 2. The van der Waals surface area contributed by atoms with Gasteiger partial charge in [-0.15, -0.1) is 0 Å². The van der Waals surface area contributed by atoms with E-state index < -0.39 is 0 Å². The molecule has 0 fully saturated rings. The number of nitrogens with zero attached hydrogens (tertiary/aromatic N) is 1. The lowest BCUT2D eigenvalue weighted by Gasteiger charge is -2.13. The molecular weight excluding hydrogens is 311 g/mol. The number of rotatable bonds is 5. The van der Waals surface area contributed by atoms with Crippen LogP contribution in [0.5, 0.6) is 11.5 Å². The molecule has 0 aromatic heterocycles. The number of nitrogens with two attached hydrogens (primary N) is 1. The zero-order chi connectivity index (χ0) is 15.2. The molecule has 2 aromatic rings. The molecule has 21 heavy (non-hydrogen) atoms. The lowest BCUT2D eigenvalue weighted by atomic mass is 10.2. The molecule has 0 saturated carbocycles. The summed E-state index contributed by atoms with van der Waals surface area (Å²) < 4.78 is 11.0. The number of hydrazone groups is 1. The van der Waals surface area contributed by atoms with E-state index in [1.54, 1.807) is 19.2 Å². The highest BCUT2D eigenvalue weighted by Crippen LogP contribution is 2.33. The second-order valence-corrected chi connectivity index (χ2v) is 5.00. The molecule has 2 aromatic carbocycles. The molecule has 0 aliphatic rings. The number of hydrogen-bond donors (Lipinski definition) is 1. The molecule has 4 nitrogen and oxygen atoms in total. The molecule has 0 aliphatic carbocycles. The van der Waals surface area contributed by atoms with E-state index in [4.69, 9.17) is 38.5 Å². The Labute approximate surface area is 133 Å². The summed E-state index contributed by atoms with van der Waals surface area (Å²) in [7, 11) is 1.55. The maximum Gasteiger partial charge on any atom is 0.163 e. The van der Waals surface area contributed by atoms with Crippen molar-refractivity contribution in [3.05, 3.63) is 57.6 Å². The fourth-order valence-electron chi connectivity index (χ4n) is 1.77. The van der Waals surface area contributed by atoms with Gasteiger partial charge in [-0.3, -0.25) is 0 Å². The van der Waals surface area contributed by atoms with E-state index in [2.05, 4.69) is 5.10 Å². The third kappa shape index (κ3) is 3.80. The van der Waals surface area contributed by atoms with Crippen LogP contribution in [0.3, 0.4) is 0 Å². The van der Waals surface area contributed by atoms with Gasteiger partial charge in [0.2, 0.25) is 0 Å². The van der Waals surface area contributed by atoms with Crippen molar-refractivity contribution in [1.82, 2.24) is 0 Å². The fourth-order valence-corrected chi connectivity index (χ4v) is 2.17. The first-order valence-corrected chi connectivity index (χ1v) is 6.88. The largest absolute Gasteiger partial charge is 0.493 e. The van der Waals surface area contributed by atoms with Crippen LogP contribution in [-0.2, 0) is 6.61 Å². The molecule has 2 N–H and O–H groups in total. The second-order valence-electron chi connectivity index (χ2n) is 4.18. The zero-order valence-electron chi connectivity index (χ0n) is 11.3. The smallest absolute Gasteiger partial charge is 0.163 e. The molecule has 0 amide bonds. The second kappa shape index (κ2) is 7.20. The summed E-state index contributed by atoms with van der Waals surface area (Å²) >= 11 is 12.2. The van der Waals surface area contributed by atoms with Gasteiger partial charge in [0.05, 0.1) is 18.3 Å². The van der Waals surface area contributed by atoms with E-state index in [1.807, 2.05) is 24.3 Å². The monoisotopic (exact) mass is 324 g/mol. The third-order valence-electron chi connectivity index (χ3n) is 2.84. The summed E-state index contributed by atoms with van der Waals surface area (Å²) in [6.45, 7) is 0.316. The highest BCUT2D eigenvalue weighted by Gasteiger charge is 2.10. The molecule has 0 bridgehead atoms. The lowest BCUT2D eigenvalue weighted by Crippen LogP contribution is -2.00. The first kappa shape index (κ1) is 15.5. The Kier molecular flexibility index (Phi) is 5.31. The Morgan fingerprint density at radius 2 is 1.90 bits per heavy atom. The first-order valence-electron chi connectivity index (χ1n) is 6.12. The van der Waals surface area contributed by atoms with Crippen LogP contribution >= 0.6 is 23.2 Å². The van der Waals surface area contributed by atoms with Crippen LogP contribution in [0.2, 0.25) is 10.0 Å². The van der Waals surface area contributed by atoms with Crippen molar-refractivity contribution in [2.45, 2.75) is 6.61 Å². The molecular formula is C15H14Cl2N2O2. The van der Waals surface area contributed by atoms with Crippen molar-refractivity contribution in [3.63, 3.8) is 0 Å². The molecule has 0 radical (unpaired) electrons. The van der Waals surface area contributed by atoms with E-state index in [1.165, 1.54) is 6.21 Å². The third-order valence-corrected chi connectivity index (χ3v) is 3.53. The Balaban J connectivity index is 2.24. The van der Waals surface area contributed by atoms with E-state index in [9.17, 15) is 0 Å². The molecule has 0 aliphatic heterocycles. The number of methoxy groups -OCH3 is 1. The van der Waals surface area contributed by atoms with E-state index >= 15 is 0 Å². The standard InChI is InChI=1S/C15H14Cl2N2O2/c1-20-14-6-11(8-19-18)13(17)7-15(14)21-9-10-4-2-3-5-12(10)16/h2-8H,9,18H2,1H3. The van der Waals surface area contributed by atoms with Crippen molar-refractivity contribution in [1.29, 1.82) is 0 Å². The van der Waals surface area contributed by atoms with Crippen molar-refractivity contribution < 1.29 is 9.47 Å². The Hall–Kier alpha value is -1.91. The van der Waals surface area contributed by atoms with Gasteiger partial charge in [0.25, 0.3) is 0 Å². The van der Waals surface area contributed by atoms with Crippen LogP contribution < -0.4 is 15.3 Å². The maximum atomic E-state index is 6.14. The predicted molar refractivity (Wildman–Crippen MR) is 85.6 cm³/mol. The van der Waals surface area contributed by atoms with Crippen molar-refractivity contribution in [3.8, 4) is 11.5 Å². The molecule has 0 unspecified atom stereocenters. The van der Waals surface area contributed by atoms with Gasteiger partial charge in [-0.25, -0.2) is 0 Å². The zero-order valence-corrected chi connectivity index (χ0v) is 12.9. The number of benzene rings is 2. The van der Waals surface area contributed by atoms with Gasteiger partial charge in [-0.1, -0.05) is 41.4 Å². The highest BCUT2D eigenvalue weighted by molar-refractivity contribution is 6.33.